The van der Waals surface area contributed by atoms with Gasteiger partial charge in [-0.1, -0.05) is 30.3 Å². The molecule has 0 amide bonds. The van der Waals surface area contributed by atoms with Crippen molar-refractivity contribution in [1.82, 2.24) is 4.72 Å². The summed E-state index contributed by atoms with van der Waals surface area (Å²) in [6.45, 7) is 0.741. The number of non-ortho nitro benzene ring substituents is 1. The van der Waals surface area contributed by atoms with Crippen molar-refractivity contribution in [3.8, 4) is 0 Å². The van der Waals surface area contributed by atoms with Gasteiger partial charge in [-0.25, -0.2) is 8.42 Å². The monoisotopic (exact) mass is 392 g/mol. The Labute approximate surface area is 155 Å². The fourth-order valence-corrected chi connectivity index (χ4v) is 3.26. The fraction of sp³-hybridized carbons (Fsp3) is 0.176. The molecule has 0 spiro atoms. The number of nitro benzene ring substituents is 1. The Morgan fingerprint density at radius 2 is 1.70 bits per heavy atom. The van der Waals surface area contributed by atoms with E-state index in [9.17, 15) is 28.1 Å². The maximum Gasteiger partial charge on any atom is 0.324 e. The Morgan fingerprint density at radius 1 is 1.11 bits per heavy atom. The largest absolute Gasteiger partial charge is 0.456 e. The highest BCUT2D eigenvalue weighted by Gasteiger charge is 2.24. The van der Waals surface area contributed by atoms with E-state index in [1.54, 1.807) is 30.3 Å². The molecule has 0 heterocycles. The Kier molecular flexibility index (Phi) is 6.37. The number of Topliss-reactive ketones (excluding diaryl/α,β-unsaturated/α-hetero) is 1. The van der Waals surface area contributed by atoms with E-state index in [2.05, 4.69) is 4.72 Å². The van der Waals surface area contributed by atoms with Crippen LogP contribution in [-0.4, -0.2) is 37.7 Å². The maximum atomic E-state index is 12.2. The van der Waals surface area contributed by atoms with E-state index in [1.165, 1.54) is 6.92 Å². The van der Waals surface area contributed by atoms with Crippen molar-refractivity contribution in [2.75, 3.05) is 6.61 Å². The number of sulfonamides is 1. The number of hydrogen-bond donors (Lipinski definition) is 1. The number of ether oxygens (including phenoxy) is 1. The fourth-order valence-electron chi connectivity index (χ4n) is 2.06. The molecule has 1 atom stereocenters. The molecule has 2 aromatic carbocycles. The second-order valence-corrected chi connectivity index (χ2v) is 7.20. The van der Waals surface area contributed by atoms with E-state index in [4.69, 9.17) is 4.74 Å². The third-order valence-electron chi connectivity index (χ3n) is 3.48. The molecular formula is C17H16N2O7S. The number of carbonyl (C=O) groups is 2. The van der Waals surface area contributed by atoms with Crippen molar-refractivity contribution in [3.05, 3.63) is 70.3 Å². The highest BCUT2D eigenvalue weighted by atomic mass is 32.2. The third kappa shape index (κ3) is 5.43. The number of nitrogens with zero attached hydrogens (tertiary/aromatic N) is 1. The van der Waals surface area contributed by atoms with Crippen molar-refractivity contribution >= 4 is 27.5 Å². The summed E-state index contributed by atoms with van der Waals surface area (Å²) in [5, 5.41) is 10.6. The lowest BCUT2D eigenvalue weighted by Crippen LogP contribution is -2.40. The van der Waals surface area contributed by atoms with Crippen LogP contribution >= 0.6 is 0 Å². The van der Waals surface area contributed by atoms with Gasteiger partial charge in [0.2, 0.25) is 10.0 Å². The van der Waals surface area contributed by atoms with Gasteiger partial charge in [0.25, 0.3) is 5.69 Å². The van der Waals surface area contributed by atoms with Crippen LogP contribution < -0.4 is 4.72 Å². The normalized spacial score (nSPS) is 12.2. The number of nitrogens with one attached hydrogen (secondary N) is 1. The molecule has 142 valence electrons. The minimum Gasteiger partial charge on any atom is -0.456 e. The smallest absolute Gasteiger partial charge is 0.324 e. The van der Waals surface area contributed by atoms with Gasteiger partial charge in [-0.15, -0.1) is 0 Å². The zero-order chi connectivity index (χ0) is 20.0. The van der Waals surface area contributed by atoms with Crippen molar-refractivity contribution in [3.63, 3.8) is 0 Å². The number of rotatable bonds is 8. The summed E-state index contributed by atoms with van der Waals surface area (Å²) in [5.74, 6) is -1.35. The Balaban J connectivity index is 1.96. The summed E-state index contributed by atoms with van der Waals surface area (Å²) in [7, 11) is -4.10. The van der Waals surface area contributed by atoms with Gasteiger partial charge >= 0.3 is 5.97 Å². The lowest BCUT2D eigenvalue weighted by Gasteiger charge is -2.13. The molecule has 0 unspecified atom stereocenters. The van der Waals surface area contributed by atoms with Crippen LogP contribution in [0.25, 0.3) is 0 Å². The second kappa shape index (κ2) is 8.52. The van der Waals surface area contributed by atoms with E-state index in [-0.39, 0.29) is 10.6 Å². The van der Waals surface area contributed by atoms with E-state index in [0.29, 0.717) is 5.56 Å². The molecule has 27 heavy (non-hydrogen) atoms. The van der Waals surface area contributed by atoms with E-state index in [0.717, 1.165) is 24.3 Å². The average molecular weight is 392 g/mol. The number of hydrogen-bond acceptors (Lipinski definition) is 7. The van der Waals surface area contributed by atoms with Crippen LogP contribution in [0, 0.1) is 10.1 Å². The van der Waals surface area contributed by atoms with Crippen LogP contribution in [0.2, 0.25) is 0 Å². The van der Waals surface area contributed by atoms with Crippen LogP contribution in [-0.2, 0) is 19.6 Å². The molecule has 10 heteroatoms. The van der Waals surface area contributed by atoms with Gasteiger partial charge in [0, 0.05) is 17.7 Å². The zero-order valence-corrected chi connectivity index (χ0v) is 15.0. The number of carbonyl (C=O) groups excluding carboxylic acids is 2. The van der Waals surface area contributed by atoms with Crippen LogP contribution in [0.15, 0.2) is 59.5 Å². The first-order valence-corrected chi connectivity index (χ1v) is 9.20. The highest BCUT2D eigenvalue weighted by Crippen LogP contribution is 2.16. The number of ketones is 1. The third-order valence-corrected chi connectivity index (χ3v) is 5.04. The second-order valence-electron chi connectivity index (χ2n) is 5.49. The quantitative estimate of drug-likeness (QED) is 0.313. The van der Waals surface area contributed by atoms with Crippen LogP contribution in [0.3, 0.4) is 0 Å². The predicted molar refractivity (Wildman–Crippen MR) is 94.6 cm³/mol. The van der Waals surface area contributed by atoms with Gasteiger partial charge in [-0.2, -0.15) is 4.72 Å². The standard InChI is InChI=1S/C17H16N2O7S/c1-12(17(21)26-11-16(20)13-5-3-2-4-6-13)18-27(24,25)15-9-7-14(8-10-15)19(22)23/h2-10,12,18H,11H2,1H3/t12-/m0/s1. The van der Waals surface area contributed by atoms with Crippen molar-refractivity contribution in [2.45, 2.75) is 17.9 Å². The summed E-state index contributed by atoms with van der Waals surface area (Å²) in [4.78, 5) is 33.5. The average Bonchev–Trinajstić information content (AvgIpc) is 2.66. The molecule has 0 aliphatic carbocycles. The van der Waals surface area contributed by atoms with Crippen LogP contribution in [0.5, 0.6) is 0 Å². The van der Waals surface area contributed by atoms with Gasteiger partial charge in [0.15, 0.2) is 12.4 Å². The zero-order valence-electron chi connectivity index (χ0n) is 14.2. The van der Waals surface area contributed by atoms with Gasteiger partial charge in [-0.05, 0) is 19.1 Å². The lowest BCUT2D eigenvalue weighted by atomic mass is 10.1. The van der Waals surface area contributed by atoms with E-state index < -0.39 is 39.3 Å². The molecule has 0 bridgehead atoms. The summed E-state index contributed by atoms with van der Waals surface area (Å²) in [6.07, 6.45) is 0. The van der Waals surface area contributed by atoms with Gasteiger partial charge in [-0.3, -0.25) is 19.7 Å². The van der Waals surface area contributed by atoms with E-state index >= 15 is 0 Å². The Morgan fingerprint density at radius 3 is 2.26 bits per heavy atom. The molecule has 2 aromatic rings. The molecule has 0 aliphatic rings. The van der Waals surface area contributed by atoms with Crippen LogP contribution in [0.1, 0.15) is 17.3 Å². The van der Waals surface area contributed by atoms with Gasteiger partial charge in [0.05, 0.1) is 9.82 Å². The highest BCUT2D eigenvalue weighted by molar-refractivity contribution is 7.89. The van der Waals surface area contributed by atoms with Crippen molar-refractivity contribution < 1.29 is 27.7 Å². The molecule has 0 aromatic heterocycles. The first-order chi connectivity index (χ1) is 12.7. The Hall–Kier alpha value is -3.11. The molecule has 2 rings (SSSR count). The number of benzene rings is 2. The summed E-state index contributed by atoms with van der Waals surface area (Å²) in [6, 6.07) is 11.1. The van der Waals surface area contributed by atoms with E-state index in [1.807, 2.05) is 0 Å². The predicted octanol–water partition coefficient (Wildman–Crippen LogP) is 1.69. The summed E-state index contributed by atoms with van der Waals surface area (Å²) in [5.41, 5.74) is 0.102. The number of esters is 1. The first kappa shape index (κ1) is 20.2. The van der Waals surface area contributed by atoms with Crippen LogP contribution in [0.4, 0.5) is 5.69 Å². The molecule has 0 fully saturated rings. The first-order valence-electron chi connectivity index (χ1n) is 7.72. The Bertz CT molecular complexity index is 941. The molecular weight excluding hydrogens is 376 g/mol. The van der Waals surface area contributed by atoms with Gasteiger partial charge in [0.1, 0.15) is 6.04 Å². The molecule has 0 aliphatic heterocycles. The topological polar surface area (TPSA) is 133 Å². The molecule has 0 saturated carbocycles. The molecule has 1 N–H and O–H groups in total. The molecule has 9 nitrogen and oxygen atoms in total. The molecule has 0 radical (unpaired) electrons. The summed E-state index contributed by atoms with van der Waals surface area (Å²) < 4.78 is 31.4. The van der Waals surface area contributed by atoms with Crippen molar-refractivity contribution in [2.24, 2.45) is 0 Å². The summed E-state index contributed by atoms with van der Waals surface area (Å²) >= 11 is 0. The van der Waals surface area contributed by atoms with Crippen molar-refractivity contribution in [1.29, 1.82) is 0 Å². The van der Waals surface area contributed by atoms with Gasteiger partial charge < -0.3 is 4.74 Å². The number of nitro groups is 1. The lowest BCUT2D eigenvalue weighted by molar-refractivity contribution is -0.384. The minimum absolute atomic E-state index is 0.242. The minimum atomic E-state index is -4.10. The maximum absolute atomic E-state index is 12.2. The molecule has 0 saturated heterocycles. The SMILES string of the molecule is C[C@H](NS(=O)(=O)c1ccc([N+](=O)[O-])cc1)C(=O)OCC(=O)c1ccccc1.